The van der Waals surface area contributed by atoms with Gasteiger partial charge in [-0.15, -0.1) is 0 Å². The first-order chi connectivity index (χ1) is 6.53. The number of hydrogen-bond acceptors (Lipinski definition) is 4. The fourth-order valence-electron chi connectivity index (χ4n) is 1.22. The van der Waals surface area contributed by atoms with E-state index in [1.54, 1.807) is 14.0 Å². The molecule has 0 aliphatic rings. The molecule has 1 aromatic rings. The third-order valence-electron chi connectivity index (χ3n) is 1.84. The van der Waals surface area contributed by atoms with E-state index in [0.717, 1.165) is 0 Å². The molecular weight excluding hydrogens is 204 g/mol. The first kappa shape index (κ1) is 11.2. The Kier molecular flexibility index (Phi) is 3.25. The molecule has 1 aromatic heterocycles. The summed E-state index contributed by atoms with van der Waals surface area (Å²) < 4.78 is 25.4. The topological polar surface area (TPSA) is 86.9 Å². The number of sulfonamides is 1. The summed E-state index contributed by atoms with van der Waals surface area (Å²) >= 11 is 0. The van der Waals surface area contributed by atoms with Crippen LogP contribution < -0.4 is 10.0 Å². The van der Waals surface area contributed by atoms with Gasteiger partial charge in [0.1, 0.15) is 4.90 Å². The largest absolute Gasteiger partial charge is 0.314 e. The molecule has 0 saturated heterocycles. The van der Waals surface area contributed by atoms with E-state index in [9.17, 15) is 8.42 Å². The minimum atomic E-state index is -3.42. The molecule has 0 aliphatic heterocycles. The van der Waals surface area contributed by atoms with Crippen molar-refractivity contribution in [2.45, 2.75) is 18.4 Å². The van der Waals surface area contributed by atoms with Gasteiger partial charge in [-0.25, -0.2) is 13.1 Å². The van der Waals surface area contributed by atoms with Crippen molar-refractivity contribution in [3.63, 3.8) is 0 Å². The Morgan fingerprint density at radius 3 is 2.57 bits per heavy atom. The Morgan fingerprint density at radius 1 is 1.43 bits per heavy atom. The van der Waals surface area contributed by atoms with Crippen molar-refractivity contribution in [1.82, 2.24) is 20.2 Å². The maximum Gasteiger partial charge on any atom is 0.244 e. The molecule has 1 rings (SSSR count). The minimum Gasteiger partial charge on any atom is -0.314 e. The van der Waals surface area contributed by atoms with E-state index in [1.807, 2.05) is 0 Å². The Labute approximate surface area is 83.1 Å². The molecule has 0 radical (unpaired) electrons. The molecule has 0 bridgehead atoms. The second kappa shape index (κ2) is 4.07. The van der Waals surface area contributed by atoms with Crippen molar-refractivity contribution < 1.29 is 8.42 Å². The van der Waals surface area contributed by atoms with Gasteiger partial charge in [-0.1, -0.05) is 0 Å². The van der Waals surface area contributed by atoms with Crippen molar-refractivity contribution in [3.8, 4) is 0 Å². The van der Waals surface area contributed by atoms with Gasteiger partial charge >= 0.3 is 0 Å². The molecule has 0 amide bonds. The molecule has 0 aromatic carbocycles. The molecule has 0 saturated carbocycles. The number of nitrogens with zero attached hydrogens (tertiary/aromatic N) is 1. The van der Waals surface area contributed by atoms with Crippen LogP contribution in [0.4, 0.5) is 0 Å². The monoisotopic (exact) mass is 218 g/mol. The van der Waals surface area contributed by atoms with Crippen LogP contribution in [-0.4, -0.2) is 32.7 Å². The van der Waals surface area contributed by atoms with Crippen LogP contribution >= 0.6 is 0 Å². The van der Waals surface area contributed by atoms with Crippen LogP contribution in [0.1, 0.15) is 11.4 Å². The summed E-state index contributed by atoms with van der Waals surface area (Å²) in [4.78, 5) is 0.231. The lowest BCUT2D eigenvalue weighted by molar-refractivity contribution is 0.585. The molecule has 6 nitrogen and oxygen atoms in total. The molecular formula is C7H14N4O2S. The summed E-state index contributed by atoms with van der Waals surface area (Å²) in [7, 11) is -0.306. The molecule has 0 aliphatic carbocycles. The van der Waals surface area contributed by atoms with E-state index in [0.29, 0.717) is 17.9 Å². The van der Waals surface area contributed by atoms with Crippen LogP contribution in [0.3, 0.4) is 0 Å². The second-order valence-corrected chi connectivity index (χ2v) is 4.69. The normalized spacial score (nSPS) is 11.9. The number of aromatic amines is 1. The molecule has 0 fully saturated rings. The maximum absolute atomic E-state index is 11.6. The fourth-order valence-corrected chi connectivity index (χ4v) is 2.30. The van der Waals surface area contributed by atoms with Gasteiger partial charge in [0.15, 0.2) is 0 Å². The van der Waals surface area contributed by atoms with Gasteiger partial charge in [-0.3, -0.25) is 5.10 Å². The molecule has 80 valence electrons. The number of hydrogen-bond donors (Lipinski definition) is 3. The highest BCUT2D eigenvalue weighted by atomic mass is 32.2. The zero-order valence-corrected chi connectivity index (χ0v) is 9.20. The molecule has 1 heterocycles. The highest BCUT2D eigenvalue weighted by Crippen LogP contribution is 2.16. The third-order valence-corrected chi connectivity index (χ3v) is 3.46. The van der Waals surface area contributed by atoms with Gasteiger partial charge in [0.25, 0.3) is 0 Å². The van der Waals surface area contributed by atoms with Crippen molar-refractivity contribution >= 4 is 10.0 Å². The van der Waals surface area contributed by atoms with Crippen LogP contribution in [0.5, 0.6) is 0 Å². The average Bonchev–Trinajstić information content (AvgIpc) is 2.48. The van der Waals surface area contributed by atoms with E-state index in [-0.39, 0.29) is 4.90 Å². The lowest BCUT2D eigenvalue weighted by Gasteiger charge is -2.03. The molecule has 7 heteroatoms. The van der Waals surface area contributed by atoms with Crippen molar-refractivity contribution in [2.75, 3.05) is 14.1 Å². The lowest BCUT2D eigenvalue weighted by atomic mass is 10.4. The summed E-state index contributed by atoms with van der Waals surface area (Å²) in [5.41, 5.74) is 1.05. The van der Waals surface area contributed by atoms with Gasteiger partial charge in [-0.2, -0.15) is 5.10 Å². The van der Waals surface area contributed by atoms with Crippen molar-refractivity contribution in [3.05, 3.63) is 11.4 Å². The summed E-state index contributed by atoms with van der Waals surface area (Å²) in [6, 6.07) is 0. The Bertz CT molecular complexity index is 409. The zero-order valence-electron chi connectivity index (χ0n) is 8.38. The second-order valence-electron chi connectivity index (χ2n) is 2.86. The number of H-pyrrole nitrogens is 1. The molecule has 3 N–H and O–H groups in total. The maximum atomic E-state index is 11.6. The van der Waals surface area contributed by atoms with Crippen LogP contribution in [0.15, 0.2) is 4.90 Å². The summed E-state index contributed by atoms with van der Waals surface area (Å²) in [5.74, 6) is 0. The van der Waals surface area contributed by atoms with E-state index in [1.165, 1.54) is 7.05 Å². The fraction of sp³-hybridized carbons (Fsp3) is 0.571. The number of rotatable bonds is 4. The SMILES string of the molecule is CNCc1n[nH]c(C)c1S(=O)(=O)NC. The summed E-state index contributed by atoms with van der Waals surface area (Å²) in [5, 5.41) is 9.43. The van der Waals surface area contributed by atoms with E-state index in [4.69, 9.17) is 0 Å². The smallest absolute Gasteiger partial charge is 0.244 e. The Morgan fingerprint density at radius 2 is 2.07 bits per heavy atom. The van der Waals surface area contributed by atoms with E-state index in [2.05, 4.69) is 20.2 Å². The standard InChI is InChI=1S/C7H14N4O2S/c1-5-7(14(12,13)9-3)6(4-8-2)11-10-5/h8-9H,4H2,1-3H3,(H,10,11). The number of aryl methyl sites for hydroxylation is 1. The lowest BCUT2D eigenvalue weighted by Crippen LogP contribution is -2.21. The quantitative estimate of drug-likeness (QED) is 0.626. The molecule has 0 atom stereocenters. The summed E-state index contributed by atoms with van der Waals surface area (Å²) in [6.07, 6.45) is 0. The number of aromatic nitrogens is 2. The van der Waals surface area contributed by atoms with Crippen molar-refractivity contribution in [1.29, 1.82) is 0 Å². The van der Waals surface area contributed by atoms with Crippen LogP contribution in [0.25, 0.3) is 0 Å². The van der Waals surface area contributed by atoms with E-state index >= 15 is 0 Å². The van der Waals surface area contributed by atoms with Gasteiger partial charge in [0.2, 0.25) is 10.0 Å². The first-order valence-corrected chi connectivity index (χ1v) is 5.63. The zero-order chi connectivity index (χ0) is 10.8. The number of nitrogens with one attached hydrogen (secondary N) is 3. The Balaban J connectivity index is 3.24. The highest BCUT2D eigenvalue weighted by Gasteiger charge is 2.21. The van der Waals surface area contributed by atoms with Gasteiger partial charge in [0.05, 0.1) is 11.4 Å². The van der Waals surface area contributed by atoms with Crippen LogP contribution in [0, 0.1) is 6.92 Å². The third kappa shape index (κ3) is 1.94. The highest BCUT2D eigenvalue weighted by molar-refractivity contribution is 7.89. The predicted molar refractivity (Wildman–Crippen MR) is 52.3 cm³/mol. The van der Waals surface area contributed by atoms with Crippen molar-refractivity contribution in [2.24, 2.45) is 0 Å². The molecule has 14 heavy (non-hydrogen) atoms. The predicted octanol–water partition coefficient (Wildman–Crippen LogP) is -0.654. The minimum absolute atomic E-state index is 0.231. The van der Waals surface area contributed by atoms with Gasteiger partial charge in [0, 0.05) is 6.54 Å². The van der Waals surface area contributed by atoms with E-state index < -0.39 is 10.0 Å². The van der Waals surface area contributed by atoms with Crippen LogP contribution in [-0.2, 0) is 16.6 Å². The average molecular weight is 218 g/mol. The van der Waals surface area contributed by atoms with Crippen LogP contribution in [0.2, 0.25) is 0 Å². The van der Waals surface area contributed by atoms with Gasteiger partial charge < -0.3 is 5.32 Å². The van der Waals surface area contributed by atoms with Gasteiger partial charge in [-0.05, 0) is 21.0 Å². The molecule has 0 spiro atoms. The Hall–Kier alpha value is -0.920. The molecule has 0 unspecified atom stereocenters. The first-order valence-electron chi connectivity index (χ1n) is 4.15. The summed E-state index contributed by atoms with van der Waals surface area (Å²) in [6.45, 7) is 2.09.